The van der Waals surface area contributed by atoms with Gasteiger partial charge in [-0.25, -0.2) is 0 Å². The summed E-state index contributed by atoms with van der Waals surface area (Å²) in [5, 5.41) is 13.6. The van der Waals surface area contributed by atoms with Crippen molar-refractivity contribution in [1.29, 1.82) is 0 Å². The summed E-state index contributed by atoms with van der Waals surface area (Å²) in [4.78, 5) is 0. The molecule has 0 spiro atoms. The van der Waals surface area contributed by atoms with Gasteiger partial charge in [0.2, 0.25) is 0 Å². The summed E-state index contributed by atoms with van der Waals surface area (Å²) in [5.41, 5.74) is 3.44. The maximum Gasteiger partial charge on any atom is 0.139 e. The number of halogens is 1. The van der Waals surface area contributed by atoms with Crippen molar-refractivity contribution in [3.63, 3.8) is 0 Å². The molecule has 1 aliphatic carbocycles. The SMILES string of the molecule is COc1cc(NC2CCc3cc(O)ccc32)ccc1Cl. The number of aryl methyl sites for hydroxylation is 1. The Hall–Kier alpha value is -1.87. The number of phenolic OH excluding ortho intramolecular Hbond substituents is 1. The molecular weight excluding hydrogens is 274 g/mol. The molecule has 3 nitrogen and oxygen atoms in total. The van der Waals surface area contributed by atoms with E-state index in [-0.39, 0.29) is 6.04 Å². The van der Waals surface area contributed by atoms with Gasteiger partial charge in [-0.3, -0.25) is 0 Å². The number of methoxy groups -OCH3 is 1. The quantitative estimate of drug-likeness (QED) is 0.892. The van der Waals surface area contributed by atoms with Gasteiger partial charge in [-0.1, -0.05) is 17.7 Å². The zero-order chi connectivity index (χ0) is 14.1. The van der Waals surface area contributed by atoms with Crippen LogP contribution >= 0.6 is 11.6 Å². The monoisotopic (exact) mass is 289 g/mol. The van der Waals surface area contributed by atoms with Crippen LogP contribution in [-0.2, 0) is 6.42 Å². The van der Waals surface area contributed by atoms with Crippen molar-refractivity contribution in [2.45, 2.75) is 18.9 Å². The molecule has 0 saturated heterocycles. The lowest BCUT2D eigenvalue weighted by atomic mass is 10.1. The van der Waals surface area contributed by atoms with Crippen molar-refractivity contribution < 1.29 is 9.84 Å². The first-order valence-corrected chi connectivity index (χ1v) is 6.97. The van der Waals surface area contributed by atoms with Crippen molar-refractivity contribution in [3.05, 3.63) is 52.5 Å². The lowest BCUT2D eigenvalue weighted by Crippen LogP contribution is -2.07. The highest BCUT2D eigenvalue weighted by molar-refractivity contribution is 6.32. The highest BCUT2D eigenvalue weighted by Gasteiger charge is 2.22. The van der Waals surface area contributed by atoms with Crippen molar-refractivity contribution in [2.75, 3.05) is 12.4 Å². The van der Waals surface area contributed by atoms with E-state index in [0.717, 1.165) is 18.5 Å². The van der Waals surface area contributed by atoms with Gasteiger partial charge in [0, 0.05) is 11.8 Å². The van der Waals surface area contributed by atoms with E-state index in [9.17, 15) is 5.11 Å². The van der Waals surface area contributed by atoms with Crippen LogP contribution in [0.3, 0.4) is 0 Å². The number of hydrogen-bond donors (Lipinski definition) is 2. The predicted molar refractivity (Wildman–Crippen MR) is 80.8 cm³/mol. The fourth-order valence-electron chi connectivity index (χ4n) is 2.70. The maximum atomic E-state index is 9.52. The third-order valence-corrected chi connectivity index (χ3v) is 4.01. The Morgan fingerprint density at radius 3 is 2.90 bits per heavy atom. The molecule has 4 heteroatoms. The molecule has 0 saturated carbocycles. The fourth-order valence-corrected chi connectivity index (χ4v) is 2.90. The average Bonchev–Trinajstić information content (AvgIpc) is 2.83. The van der Waals surface area contributed by atoms with E-state index >= 15 is 0 Å². The van der Waals surface area contributed by atoms with Gasteiger partial charge in [0.25, 0.3) is 0 Å². The van der Waals surface area contributed by atoms with Gasteiger partial charge in [0.1, 0.15) is 11.5 Å². The second-order valence-electron chi connectivity index (χ2n) is 4.97. The minimum absolute atomic E-state index is 0.261. The van der Waals surface area contributed by atoms with Crippen LogP contribution in [-0.4, -0.2) is 12.2 Å². The smallest absolute Gasteiger partial charge is 0.139 e. The zero-order valence-corrected chi connectivity index (χ0v) is 11.9. The first-order chi connectivity index (χ1) is 9.67. The first-order valence-electron chi connectivity index (χ1n) is 6.59. The van der Waals surface area contributed by atoms with Crippen LogP contribution in [0.25, 0.3) is 0 Å². The highest BCUT2D eigenvalue weighted by atomic mass is 35.5. The molecule has 0 aliphatic heterocycles. The number of rotatable bonds is 3. The number of ether oxygens (including phenoxy) is 1. The molecule has 1 atom stereocenters. The second kappa shape index (κ2) is 5.25. The van der Waals surface area contributed by atoms with E-state index in [1.165, 1.54) is 11.1 Å². The molecule has 0 bridgehead atoms. The van der Waals surface area contributed by atoms with Crippen molar-refractivity contribution in [3.8, 4) is 11.5 Å². The van der Waals surface area contributed by atoms with Crippen molar-refractivity contribution in [2.24, 2.45) is 0 Å². The van der Waals surface area contributed by atoms with Gasteiger partial charge in [0.15, 0.2) is 0 Å². The standard InChI is InChI=1S/C16H16ClNO2/c1-20-16-9-11(3-6-14(16)17)18-15-7-2-10-8-12(19)4-5-13(10)15/h3-6,8-9,15,18-19H,2,7H2,1H3. The van der Waals surface area contributed by atoms with Gasteiger partial charge in [-0.15, -0.1) is 0 Å². The molecule has 0 aromatic heterocycles. The fraction of sp³-hybridized carbons (Fsp3) is 0.250. The minimum Gasteiger partial charge on any atom is -0.508 e. The Balaban J connectivity index is 1.84. The van der Waals surface area contributed by atoms with Crippen molar-refractivity contribution in [1.82, 2.24) is 0 Å². The normalized spacial score (nSPS) is 16.8. The minimum atomic E-state index is 0.261. The maximum absolute atomic E-state index is 9.52. The number of benzene rings is 2. The summed E-state index contributed by atoms with van der Waals surface area (Å²) in [5.74, 6) is 0.998. The largest absolute Gasteiger partial charge is 0.508 e. The molecular formula is C16H16ClNO2. The molecule has 104 valence electrons. The number of fused-ring (bicyclic) bond motifs is 1. The summed E-state index contributed by atoms with van der Waals surface area (Å²) >= 11 is 6.03. The highest BCUT2D eigenvalue weighted by Crippen LogP contribution is 2.37. The molecule has 1 unspecified atom stereocenters. The molecule has 1 aliphatic rings. The van der Waals surface area contributed by atoms with E-state index < -0.39 is 0 Å². The molecule has 3 rings (SSSR count). The van der Waals surface area contributed by atoms with E-state index in [2.05, 4.69) is 5.32 Å². The van der Waals surface area contributed by atoms with Crippen LogP contribution in [0.5, 0.6) is 11.5 Å². The molecule has 2 N–H and O–H groups in total. The van der Waals surface area contributed by atoms with Crippen LogP contribution < -0.4 is 10.1 Å². The molecule has 0 amide bonds. The van der Waals surface area contributed by atoms with Gasteiger partial charge < -0.3 is 15.2 Å². The lowest BCUT2D eigenvalue weighted by Gasteiger charge is -2.16. The summed E-state index contributed by atoms with van der Waals surface area (Å²) in [6.45, 7) is 0. The third-order valence-electron chi connectivity index (χ3n) is 3.70. The van der Waals surface area contributed by atoms with E-state index in [4.69, 9.17) is 16.3 Å². The van der Waals surface area contributed by atoms with Gasteiger partial charge >= 0.3 is 0 Å². The molecule has 0 radical (unpaired) electrons. The Morgan fingerprint density at radius 1 is 1.25 bits per heavy atom. The summed E-state index contributed by atoms with van der Waals surface area (Å²) in [6, 6.07) is 11.5. The van der Waals surface area contributed by atoms with Crippen LogP contribution in [0, 0.1) is 0 Å². The number of anilines is 1. The van der Waals surface area contributed by atoms with Gasteiger partial charge in [-0.2, -0.15) is 0 Å². The zero-order valence-electron chi connectivity index (χ0n) is 11.2. The summed E-state index contributed by atoms with van der Waals surface area (Å²) in [6.07, 6.45) is 2.00. The van der Waals surface area contributed by atoms with Crippen LogP contribution in [0.15, 0.2) is 36.4 Å². The van der Waals surface area contributed by atoms with Gasteiger partial charge in [0.05, 0.1) is 18.2 Å². The van der Waals surface area contributed by atoms with E-state index in [1.807, 2.05) is 30.3 Å². The number of phenols is 1. The molecule has 0 fully saturated rings. The number of aromatic hydroxyl groups is 1. The average molecular weight is 290 g/mol. The Kier molecular flexibility index (Phi) is 3.45. The van der Waals surface area contributed by atoms with E-state index in [1.54, 1.807) is 13.2 Å². The molecule has 2 aromatic rings. The van der Waals surface area contributed by atoms with Crippen LogP contribution in [0.4, 0.5) is 5.69 Å². The van der Waals surface area contributed by atoms with Gasteiger partial charge in [-0.05, 0) is 48.2 Å². The Labute approximate surface area is 123 Å². The topological polar surface area (TPSA) is 41.5 Å². The second-order valence-corrected chi connectivity index (χ2v) is 5.38. The summed E-state index contributed by atoms with van der Waals surface area (Å²) < 4.78 is 5.23. The van der Waals surface area contributed by atoms with Crippen LogP contribution in [0.2, 0.25) is 5.02 Å². The molecule has 20 heavy (non-hydrogen) atoms. The first kappa shape index (κ1) is 13.1. The summed E-state index contributed by atoms with van der Waals surface area (Å²) in [7, 11) is 1.61. The molecule has 2 aromatic carbocycles. The number of hydrogen-bond acceptors (Lipinski definition) is 3. The molecule has 0 heterocycles. The third kappa shape index (κ3) is 2.41. The number of nitrogens with one attached hydrogen (secondary N) is 1. The van der Waals surface area contributed by atoms with E-state index in [0.29, 0.717) is 16.5 Å². The van der Waals surface area contributed by atoms with Crippen molar-refractivity contribution >= 4 is 17.3 Å². The Morgan fingerprint density at radius 2 is 2.10 bits per heavy atom. The van der Waals surface area contributed by atoms with Crippen LogP contribution in [0.1, 0.15) is 23.6 Å². The lowest BCUT2D eigenvalue weighted by molar-refractivity contribution is 0.415. The Bertz CT molecular complexity index is 642. The predicted octanol–water partition coefficient (Wildman–Crippen LogP) is 4.15.